The molecule has 0 bridgehead atoms. The van der Waals surface area contributed by atoms with E-state index >= 15 is 0 Å². The minimum Gasteiger partial charge on any atom is -0.489 e. The van der Waals surface area contributed by atoms with Crippen molar-refractivity contribution < 1.29 is 18.8 Å². The number of hydrogen-bond donors (Lipinski definition) is 0. The molecular formula is C20H18ClNO4. The number of carbonyl (C=O) groups is 1. The van der Waals surface area contributed by atoms with Gasteiger partial charge in [0.1, 0.15) is 24.7 Å². The summed E-state index contributed by atoms with van der Waals surface area (Å²) in [6.07, 6.45) is 0. The standard InChI is InChI=1S/C20H18ClNO4/c1-13-19(14(2)26-22-13)12-24-18-8-6-16(7-9-18)20(23)25-11-15-4-3-5-17(21)10-15/h3-10H,11-12H2,1-2H3. The van der Waals surface area contributed by atoms with Crippen LogP contribution < -0.4 is 4.74 Å². The molecule has 3 rings (SSSR count). The molecule has 3 aromatic rings. The number of carbonyl (C=O) groups excluding carboxylic acids is 1. The normalized spacial score (nSPS) is 10.6. The minimum absolute atomic E-state index is 0.170. The first kappa shape index (κ1) is 18.0. The van der Waals surface area contributed by atoms with E-state index in [-0.39, 0.29) is 6.61 Å². The number of rotatable bonds is 6. The highest BCUT2D eigenvalue weighted by atomic mass is 35.5. The van der Waals surface area contributed by atoms with Gasteiger partial charge in [-0.05, 0) is 55.8 Å². The summed E-state index contributed by atoms with van der Waals surface area (Å²) < 4.78 is 16.1. The predicted octanol–water partition coefficient (Wildman–Crippen LogP) is 4.88. The van der Waals surface area contributed by atoms with Gasteiger partial charge in [-0.2, -0.15) is 0 Å². The molecule has 0 amide bonds. The molecule has 26 heavy (non-hydrogen) atoms. The van der Waals surface area contributed by atoms with E-state index in [2.05, 4.69) is 5.16 Å². The minimum atomic E-state index is -0.401. The number of aromatic nitrogens is 1. The van der Waals surface area contributed by atoms with Crippen molar-refractivity contribution in [1.82, 2.24) is 5.16 Å². The summed E-state index contributed by atoms with van der Waals surface area (Å²) in [5.41, 5.74) is 3.03. The van der Waals surface area contributed by atoms with Gasteiger partial charge in [0.15, 0.2) is 0 Å². The van der Waals surface area contributed by atoms with Crippen molar-refractivity contribution in [1.29, 1.82) is 0 Å². The first-order valence-electron chi connectivity index (χ1n) is 8.09. The molecule has 134 valence electrons. The van der Waals surface area contributed by atoms with Crippen molar-refractivity contribution in [3.63, 3.8) is 0 Å². The Morgan fingerprint density at radius 1 is 1.12 bits per heavy atom. The molecule has 0 aliphatic carbocycles. The van der Waals surface area contributed by atoms with Crippen LogP contribution in [0.1, 0.15) is 32.9 Å². The monoisotopic (exact) mass is 371 g/mol. The first-order valence-corrected chi connectivity index (χ1v) is 8.47. The highest BCUT2D eigenvalue weighted by Gasteiger charge is 2.11. The van der Waals surface area contributed by atoms with Gasteiger partial charge in [0.05, 0.1) is 16.8 Å². The maximum Gasteiger partial charge on any atom is 0.338 e. The van der Waals surface area contributed by atoms with Crippen molar-refractivity contribution in [2.45, 2.75) is 27.1 Å². The summed E-state index contributed by atoms with van der Waals surface area (Å²) in [5.74, 6) is 0.988. The SMILES string of the molecule is Cc1noc(C)c1COc1ccc(C(=O)OCc2cccc(Cl)c2)cc1. The molecule has 0 spiro atoms. The lowest BCUT2D eigenvalue weighted by Gasteiger charge is -2.08. The third-order valence-corrected chi connectivity index (χ3v) is 4.15. The molecule has 1 aromatic heterocycles. The van der Waals surface area contributed by atoms with E-state index in [9.17, 15) is 4.79 Å². The third-order valence-electron chi connectivity index (χ3n) is 3.91. The maximum absolute atomic E-state index is 12.1. The first-order chi connectivity index (χ1) is 12.5. The molecule has 0 aliphatic rings. The van der Waals surface area contributed by atoms with Crippen LogP contribution in [-0.4, -0.2) is 11.1 Å². The molecule has 0 fully saturated rings. The second-order valence-electron chi connectivity index (χ2n) is 5.82. The lowest BCUT2D eigenvalue weighted by molar-refractivity contribution is 0.0472. The van der Waals surface area contributed by atoms with Gasteiger partial charge < -0.3 is 14.0 Å². The van der Waals surface area contributed by atoms with Crippen molar-refractivity contribution >= 4 is 17.6 Å². The van der Waals surface area contributed by atoms with Crippen LogP contribution in [0.4, 0.5) is 0 Å². The van der Waals surface area contributed by atoms with Gasteiger partial charge in [0.25, 0.3) is 0 Å². The molecule has 0 atom stereocenters. The molecule has 0 saturated heterocycles. The van der Waals surface area contributed by atoms with Gasteiger partial charge in [-0.15, -0.1) is 0 Å². The van der Waals surface area contributed by atoms with Crippen LogP contribution in [0.3, 0.4) is 0 Å². The molecule has 0 aliphatic heterocycles. The van der Waals surface area contributed by atoms with Crippen LogP contribution in [0.5, 0.6) is 5.75 Å². The average Bonchev–Trinajstić information content (AvgIpc) is 2.96. The maximum atomic E-state index is 12.1. The number of esters is 1. The smallest absolute Gasteiger partial charge is 0.338 e. The number of hydrogen-bond acceptors (Lipinski definition) is 5. The Bertz CT molecular complexity index is 883. The average molecular weight is 372 g/mol. The van der Waals surface area contributed by atoms with E-state index in [4.69, 9.17) is 25.6 Å². The second-order valence-corrected chi connectivity index (χ2v) is 6.26. The fourth-order valence-corrected chi connectivity index (χ4v) is 2.62. The number of nitrogens with zero attached hydrogens (tertiary/aromatic N) is 1. The van der Waals surface area contributed by atoms with Crippen molar-refractivity contribution in [2.75, 3.05) is 0 Å². The third kappa shape index (κ3) is 4.43. The van der Waals surface area contributed by atoms with E-state index in [1.165, 1.54) is 0 Å². The molecule has 0 N–H and O–H groups in total. The fraction of sp³-hybridized carbons (Fsp3) is 0.200. The summed E-state index contributed by atoms with van der Waals surface area (Å²) in [7, 11) is 0. The lowest BCUT2D eigenvalue weighted by Crippen LogP contribution is -2.05. The Hall–Kier alpha value is -2.79. The molecule has 5 nitrogen and oxygen atoms in total. The lowest BCUT2D eigenvalue weighted by atomic mass is 10.2. The summed E-state index contributed by atoms with van der Waals surface area (Å²) in [6, 6.07) is 14.0. The molecule has 0 radical (unpaired) electrons. The van der Waals surface area contributed by atoms with Crippen LogP contribution >= 0.6 is 11.6 Å². The zero-order valence-corrected chi connectivity index (χ0v) is 15.2. The highest BCUT2D eigenvalue weighted by Crippen LogP contribution is 2.19. The molecule has 1 heterocycles. The predicted molar refractivity (Wildman–Crippen MR) is 97.3 cm³/mol. The van der Waals surface area contributed by atoms with Gasteiger partial charge in [-0.1, -0.05) is 28.9 Å². The second kappa shape index (κ2) is 8.06. The largest absolute Gasteiger partial charge is 0.489 e. The van der Waals surface area contributed by atoms with Crippen molar-refractivity contribution in [2.24, 2.45) is 0 Å². The zero-order valence-electron chi connectivity index (χ0n) is 14.5. The Balaban J connectivity index is 1.56. The molecule has 6 heteroatoms. The van der Waals surface area contributed by atoms with Crippen LogP contribution in [0.25, 0.3) is 0 Å². The van der Waals surface area contributed by atoms with Crippen LogP contribution in [0.2, 0.25) is 5.02 Å². The Kier molecular flexibility index (Phi) is 5.58. The van der Waals surface area contributed by atoms with Crippen molar-refractivity contribution in [3.8, 4) is 5.75 Å². The summed E-state index contributed by atoms with van der Waals surface area (Å²) in [4.78, 5) is 12.1. The molecule has 0 unspecified atom stereocenters. The van der Waals surface area contributed by atoms with E-state index < -0.39 is 5.97 Å². The summed E-state index contributed by atoms with van der Waals surface area (Å²) >= 11 is 5.92. The number of aryl methyl sites for hydroxylation is 2. The quantitative estimate of drug-likeness (QED) is 0.578. The summed E-state index contributed by atoms with van der Waals surface area (Å²) in [5, 5.41) is 4.50. The van der Waals surface area contributed by atoms with E-state index in [0.29, 0.717) is 22.9 Å². The molecule has 2 aromatic carbocycles. The van der Waals surface area contributed by atoms with Gasteiger partial charge in [0, 0.05) is 5.02 Å². The molecule has 0 saturated carbocycles. The molecular weight excluding hydrogens is 354 g/mol. The van der Waals surface area contributed by atoms with Gasteiger partial charge >= 0.3 is 5.97 Å². The van der Waals surface area contributed by atoms with Crippen molar-refractivity contribution in [3.05, 3.63) is 81.7 Å². The van der Waals surface area contributed by atoms with E-state index in [0.717, 1.165) is 22.6 Å². The van der Waals surface area contributed by atoms with Crippen LogP contribution in [0, 0.1) is 13.8 Å². The zero-order chi connectivity index (χ0) is 18.5. The number of ether oxygens (including phenoxy) is 2. The Morgan fingerprint density at radius 2 is 1.88 bits per heavy atom. The number of halogens is 1. The Labute approximate surface area is 156 Å². The van der Waals surface area contributed by atoms with Crippen LogP contribution in [-0.2, 0) is 18.0 Å². The highest BCUT2D eigenvalue weighted by molar-refractivity contribution is 6.30. The fourth-order valence-electron chi connectivity index (χ4n) is 2.41. The Morgan fingerprint density at radius 3 is 2.54 bits per heavy atom. The van der Waals surface area contributed by atoms with E-state index in [1.54, 1.807) is 36.4 Å². The van der Waals surface area contributed by atoms with Gasteiger partial charge in [-0.25, -0.2) is 4.79 Å². The summed E-state index contributed by atoms with van der Waals surface area (Å²) in [6.45, 7) is 4.25. The number of benzene rings is 2. The van der Waals surface area contributed by atoms with Gasteiger partial charge in [-0.3, -0.25) is 0 Å². The topological polar surface area (TPSA) is 61.6 Å². The van der Waals surface area contributed by atoms with Gasteiger partial charge in [0.2, 0.25) is 0 Å². The van der Waals surface area contributed by atoms with E-state index in [1.807, 2.05) is 26.0 Å². The van der Waals surface area contributed by atoms with Crippen LogP contribution in [0.15, 0.2) is 53.1 Å².